The SMILES string of the molecule is CC1CC1C(=O)Nc1cccc(C(=O)N2CCC(C(=O)O)CC2)c1. The monoisotopic (exact) mass is 330 g/mol. The molecule has 1 aliphatic carbocycles. The number of carbonyl (C=O) groups is 3. The third-order valence-electron chi connectivity index (χ3n) is 4.95. The zero-order valence-electron chi connectivity index (χ0n) is 13.7. The Labute approximate surface area is 140 Å². The highest BCUT2D eigenvalue weighted by Gasteiger charge is 2.39. The van der Waals surface area contributed by atoms with Gasteiger partial charge in [0.15, 0.2) is 0 Å². The van der Waals surface area contributed by atoms with Gasteiger partial charge in [0.1, 0.15) is 0 Å². The Morgan fingerprint density at radius 2 is 1.88 bits per heavy atom. The van der Waals surface area contributed by atoms with Crippen molar-refractivity contribution >= 4 is 23.5 Å². The number of carbonyl (C=O) groups excluding carboxylic acids is 2. The normalized spacial score (nSPS) is 23.6. The highest BCUT2D eigenvalue weighted by molar-refractivity contribution is 5.98. The first-order chi connectivity index (χ1) is 11.5. The van der Waals surface area contributed by atoms with Gasteiger partial charge in [0.2, 0.25) is 5.91 Å². The highest BCUT2D eigenvalue weighted by Crippen LogP contribution is 2.38. The van der Waals surface area contributed by atoms with Crippen LogP contribution in [0, 0.1) is 17.8 Å². The molecule has 2 atom stereocenters. The van der Waals surface area contributed by atoms with Crippen molar-refractivity contribution in [2.75, 3.05) is 18.4 Å². The van der Waals surface area contributed by atoms with Gasteiger partial charge in [-0.2, -0.15) is 0 Å². The van der Waals surface area contributed by atoms with Crippen LogP contribution in [-0.4, -0.2) is 40.9 Å². The van der Waals surface area contributed by atoms with Crippen LogP contribution in [0.15, 0.2) is 24.3 Å². The first-order valence-electron chi connectivity index (χ1n) is 8.38. The first kappa shape index (κ1) is 16.5. The van der Waals surface area contributed by atoms with Crippen molar-refractivity contribution in [2.24, 2.45) is 17.8 Å². The molecule has 2 fully saturated rings. The summed E-state index contributed by atoms with van der Waals surface area (Å²) in [5.41, 5.74) is 1.15. The van der Waals surface area contributed by atoms with Gasteiger partial charge in [-0.3, -0.25) is 14.4 Å². The molecule has 2 N–H and O–H groups in total. The molecular weight excluding hydrogens is 308 g/mol. The molecule has 3 rings (SSSR count). The minimum atomic E-state index is -0.791. The summed E-state index contributed by atoms with van der Waals surface area (Å²) >= 11 is 0. The van der Waals surface area contributed by atoms with Crippen LogP contribution in [0.2, 0.25) is 0 Å². The van der Waals surface area contributed by atoms with Crippen molar-refractivity contribution in [3.8, 4) is 0 Å². The molecule has 1 saturated carbocycles. The predicted molar refractivity (Wildman–Crippen MR) is 88.6 cm³/mol. The van der Waals surface area contributed by atoms with Gasteiger partial charge in [0, 0.05) is 30.3 Å². The van der Waals surface area contributed by atoms with Gasteiger partial charge in [0.25, 0.3) is 5.91 Å². The van der Waals surface area contributed by atoms with E-state index in [1.165, 1.54) is 0 Å². The van der Waals surface area contributed by atoms with Crippen molar-refractivity contribution in [3.63, 3.8) is 0 Å². The molecule has 1 heterocycles. The van der Waals surface area contributed by atoms with Gasteiger partial charge < -0.3 is 15.3 Å². The van der Waals surface area contributed by atoms with E-state index in [1.807, 2.05) is 6.92 Å². The Balaban J connectivity index is 1.62. The Kier molecular flexibility index (Phi) is 4.55. The van der Waals surface area contributed by atoms with E-state index in [9.17, 15) is 14.4 Å². The fourth-order valence-electron chi connectivity index (χ4n) is 3.16. The third-order valence-corrected chi connectivity index (χ3v) is 4.95. The van der Waals surface area contributed by atoms with Gasteiger partial charge in [-0.15, -0.1) is 0 Å². The van der Waals surface area contributed by atoms with Gasteiger partial charge in [-0.1, -0.05) is 13.0 Å². The number of hydrogen-bond donors (Lipinski definition) is 2. The lowest BCUT2D eigenvalue weighted by molar-refractivity contribution is -0.143. The van der Waals surface area contributed by atoms with E-state index in [1.54, 1.807) is 29.2 Å². The van der Waals surface area contributed by atoms with Crippen LogP contribution >= 0.6 is 0 Å². The summed E-state index contributed by atoms with van der Waals surface area (Å²) in [6, 6.07) is 6.94. The van der Waals surface area contributed by atoms with E-state index in [-0.39, 0.29) is 23.7 Å². The van der Waals surface area contributed by atoms with E-state index in [0.717, 1.165) is 6.42 Å². The van der Waals surface area contributed by atoms with Gasteiger partial charge in [0.05, 0.1) is 5.92 Å². The molecule has 0 spiro atoms. The number of amides is 2. The van der Waals surface area contributed by atoms with Gasteiger partial charge in [-0.05, 0) is 43.4 Å². The maximum absolute atomic E-state index is 12.6. The maximum Gasteiger partial charge on any atom is 0.306 e. The Bertz CT molecular complexity index is 665. The van der Waals surface area contributed by atoms with E-state index in [2.05, 4.69) is 5.32 Å². The summed E-state index contributed by atoms with van der Waals surface area (Å²) in [5.74, 6) is -0.741. The summed E-state index contributed by atoms with van der Waals surface area (Å²) in [6.07, 6.45) is 1.89. The number of nitrogens with one attached hydrogen (secondary N) is 1. The second kappa shape index (κ2) is 6.63. The topological polar surface area (TPSA) is 86.7 Å². The molecule has 2 unspecified atom stereocenters. The van der Waals surface area contributed by atoms with E-state index in [4.69, 9.17) is 5.11 Å². The molecule has 6 heteroatoms. The zero-order valence-corrected chi connectivity index (χ0v) is 13.7. The molecule has 2 amide bonds. The minimum Gasteiger partial charge on any atom is -0.481 e. The fraction of sp³-hybridized carbons (Fsp3) is 0.500. The maximum atomic E-state index is 12.6. The Morgan fingerprint density at radius 1 is 1.21 bits per heavy atom. The quantitative estimate of drug-likeness (QED) is 0.886. The Morgan fingerprint density at radius 3 is 2.46 bits per heavy atom. The van der Waals surface area contributed by atoms with Crippen LogP contribution in [0.25, 0.3) is 0 Å². The summed E-state index contributed by atoms with van der Waals surface area (Å²) in [4.78, 5) is 37.3. The van der Waals surface area contributed by atoms with Gasteiger partial charge >= 0.3 is 5.97 Å². The molecule has 128 valence electrons. The summed E-state index contributed by atoms with van der Waals surface area (Å²) < 4.78 is 0. The molecule has 1 aliphatic heterocycles. The van der Waals surface area contributed by atoms with Crippen LogP contribution in [-0.2, 0) is 9.59 Å². The molecule has 0 bridgehead atoms. The summed E-state index contributed by atoms with van der Waals surface area (Å²) in [5, 5.41) is 11.9. The largest absolute Gasteiger partial charge is 0.481 e. The molecule has 1 saturated heterocycles. The zero-order chi connectivity index (χ0) is 17.3. The van der Waals surface area contributed by atoms with Crippen molar-refractivity contribution < 1.29 is 19.5 Å². The van der Waals surface area contributed by atoms with Crippen molar-refractivity contribution in [1.29, 1.82) is 0 Å². The van der Waals surface area contributed by atoms with Crippen molar-refractivity contribution in [3.05, 3.63) is 29.8 Å². The molecule has 24 heavy (non-hydrogen) atoms. The molecular formula is C18H22N2O4. The third kappa shape index (κ3) is 3.58. The summed E-state index contributed by atoms with van der Waals surface area (Å²) in [6.45, 7) is 2.95. The molecule has 1 aromatic carbocycles. The number of anilines is 1. The average Bonchev–Trinajstić information content (AvgIpc) is 3.31. The Hall–Kier alpha value is -2.37. The second-order valence-electron chi connectivity index (χ2n) is 6.79. The number of likely N-dealkylation sites (tertiary alicyclic amines) is 1. The summed E-state index contributed by atoms with van der Waals surface area (Å²) in [7, 11) is 0. The van der Waals surface area contributed by atoms with E-state index < -0.39 is 5.97 Å². The van der Waals surface area contributed by atoms with Crippen LogP contribution in [0.5, 0.6) is 0 Å². The number of hydrogen-bond acceptors (Lipinski definition) is 3. The minimum absolute atomic E-state index is 0.00868. The lowest BCUT2D eigenvalue weighted by Gasteiger charge is -2.30. The molecule has 0 aromatic heterocycles. The number of carboxylic acid groups (broad SMARTS) is 1. The molecule has 1 aromatic rings. The highest BCUT2D eigenvalue weighted by atomic mass is 16.4. The van der Waals surface area contributed by atoms with Crippen molar-refractivity contribution in [1.82, 2.24) is 4.90 Å². The fourth-order valence-corrected chi connectivity index (χ4v) is 3.16. The lowest BCUT2D eigenvalue weighted by atomic mass is 9.96. The second-order valence-corrected chi connectivity index (χ2v) is 6.79. The van der Waals surface area contributed by atoms with Crippen LogP contribution < -0.4 is 5.32 Å². The number of rotatable bonds is 4. The predicted octanol–water partition coefficient (Wildman–Crippen LogP) is 2.22. The van der Waals surface area contributed by atoms with E-state index in [0.29, 0.717) is 43.1 Å². The average molecular weight is 330 g/mol. The van der Waals surface area contributed by atoms with Crippen LogP contribution in [0.4, 0.5) is 5.69 Å². The number of benzene rings is 1. The van der Waals surface area contributed by atoms with E-state index >= 15 is 0 Å². The lowest BCUT2D eigenvalue weighted by Crippen LogP contribution is -2.40. The molecule has 0 radical (unpaired) electrons. The molecule has 6 nitrogen and oxygen atoms in total. The molecule has 2 aliphatic rings. The first-order valence-corrected chi connectivity index (χ1v) is 8.38. The number of nitrogens with zero attached hydrogens (tertiary/aromatic N) is 1. The number of piperidine rings is 1. The number of aliphatic carboxylic acids is 1. The number of carboxylic acids is 1. The standard InChI is InChI=1S/C18H22N2O4/c1-11-9-15(11)16(21)19-14-4-2-3-13(10-14)17(22)20-7-5-12(6-8-20)18(23)24/h2-4,10-12,15H,5-9H2,1H3,(H,19,21)(H,23,24). The van der Waals surface area contributed by atoms with Crippen LogP contribution in [0.3, 0.4) is 0 Å². The van der Waals surface area contributed by atoms with Gasteiger partial charge in [-0.25, -0.2) is 0 Å². The van der Waals surface area contributed by atoms with Crippen LogP contribution in [0.1, 0.15) is 36.5 Å². The smallest absolute Gasteiger partial charge is 0.306 e. The van der Waals surface area contributed by atoms with Crippen molar-refractivity contribution in [2.45, 2.75) is 26.2 Å².